The highest BCUT2D eigenvalue weighted by Gasteiger charge is 2.78. The Morgan fingerprint density at radius 3 is 2.04 bits per heavy atom. The molecule has 77 heavy (non-hydrogen) atoms. The van der Waals surface area contributed by atoms with Crippen molar-refractivity contribution in [3.63, 3.8) is 0 Å². The highest BCUT2D eigenvalue weighted by molar-refractivity contribution is 7.84. The molecule has 3 fully saturated rings. The summed E-state index contributed by atoms with van der Waals surface area (Å²) in [6, 6.07) is 12.7. The van der Waals surface area contributed by atoms with E-state index in [1.165, 1.54) is 52.0 Å². The molecule has 1 heterocycles. The largest absolute Gasteiger partial charge is 0.748 e. The van der Waals surface area contributed by atoms with Crippen molar-refractivity contribution >= 4 is 57.8 Å². The molecule has 1 aliphatic heterocycles. The van der Waals surface area contributed by atoms with Crippen molar-refractivity contribution < 1.29 is 110 Å². The molecule has 2 bridgehead atoms. The van der Waals surface area contributed by atoms with Crippen LogP contribution in [0.15, 0.2) is 71.8 Å². The van der Waals surface area contributed by atoms with E-state index in [4.69, 9.17) is 50.9 Å². The molecule has 1 saturated heterocycles. The highest BCUT2D eigenvalue weighted by Crippen LogP contribution is 2.64. The summed E-state index contributed by atoms with van der Waals surface area (Å²) in [6.07, 6.45) is -12.5. The molecule has 2 saturated carbocycles. The summed E-state index contributed by atoms with van der Waals surface area (Å²) in [5.41, 5.74) is -5.60. The second kappa shape index (κ2) is 23.7. The Kier molecular flexibility index (Phi) is 18.9. The summed E-state index contributed by atoms with van der Waals surface area (Å²) in [6.45, 7) is 11.8. The zero-order valence-electron chi connectivity index (χ0n) is 44.4. The molecule has 0 aromatic heterocycles. The number of fused-ring (bicyclic) bond motifs is 5. The molecule has 12 atom stereocenters. The van der Waals surface area contributed by atoms with E-state index < -0.39 is 160 Å². The van der Waals surface area contributed by atoms with Crippen molar-refractivity contribution in [3.05, 3.63) is 82.9 Å². The Bertz CT molecular complexity index is 2700. The Hall–Kier alpha value is -6.35. The molecule has 0 unspecified atom stereocenters. The number of ketones is 1. The van der Waals surface area contributed by atoms with Gasteiger partial charge in [-0.1, -0.05) is 62.4 Å². The molecular formula is C52H68N2O22S. The molecule has 0 spiro atoms. The number of rotatable bonds is 15. The van der Waals surface area contributed by atoms with Gasteiger partial charge < -0.3 is 68.8 Å². The van der Waals surface area contributed by atoms with Crippen LogP contribution in [0.5, 0.6) is 0 Å². The minimum atomic E-state index is -3.92. The maximum absolute atomic E-state index is 15.2. The van der Waals surface area contributed by atoms with E-state index in [1.807, 2.05) is 0 Å². The second-order valence-electron chi connectivity index (χ2n) is 21.1. The van der Waals surface area contributed by atoms with Gasteiger partial charge in [0.25, 0.3) is 0 Å². The first-order valence-electron chi connectivity index (χ1n) is 24.5. The second-order valence-corrected chi connectivity index (χ2v) is 22.5. The van der Waals surface area contributed by atoms with E-state index in [1.54, 1.807) is 64.1 Å². The SMILES string of the molecule is CCOC(=O)[C@@H]([NH3+])CC(=O)OCC(=O)O[C@@H](C(=O)O[C@H]1C[C@@]2(O)[C@@H](OC(=O)c3ccccc3)[C@@H]3[C@]4(OC(C)=O)CO[C@@H]4C[C@H](O)[C@@]3(C)C(=O)[C@H](O)C(=C1C)C2(C)C)[C@@H](NC(=O)OC(C)(C)C)c1ccccc1.CS(=O)(=O)[O-]. The molecule has 4 aliphatic rings. The fourth-order valence-electron chi connectivity index (χ4n) is 10.6. The molecule has 1 amide bonds. The van der Waals surface area contributed by atoms with Gasteiger partial charge in [0, 0.05) is 31.4 Å². The van der Waals surface area contributed by atoms with E-state index in [0.717, 1.165) is 6.92 Å². The minimum Gasteiger partial charge on any atom is -0.748 e. The van der Waals surface area contributed by atoms with Gasteiger partial charge in [-0.2, -0.15) is 0 Å². The molecule has 7 N–H and O–H groups in total. The number of nitrogens with one attached hydrogen (secondary N) is 1. The monoisotopic (exact) mass is 1100 g/mol. The summed E-state index contributed by atoms with van der Waals surface area (Å²) < 4.78 is 72.9. The number of Topliss-reactive ketones (excluding diaryl/α,β-unsaturated/α-hetero) is 1. The normalized spacial score (nSPS) is 28.4. The number of alkyl carbamates (subject to hydrolysis) is 1. The number of carbonyl (C=O) groups excluding carboxylic acids is 8. The predicted molar refractivity (Wildman–Crippen MR) is 262 cm³/mol. The van der Waals surface area contributed by atoms with Crippen LogP contribution in [0.2, 0.25) is 0 Å². The van der Waals surface area contributed by atoms with Gasteiger partial charge in [-0.25, -0.2) is 32.4 Å². The molecule has 25 heteroatoms. The fraction of sp³-hybridized carbons (Fsp3) is 0.577. The first kappa shape index (κ1) is 61.5. The van der Waals surface area contributed by atoms with Crippen LogP contribution in [-0.4, -0.2) is 162 Å². The maximum Gasteiger partial charge on any atom is 0.408 e. The summed E-state index contributed by atoms with van der Waals surface area (Å²) in [5, 5.41) is 40.7. The van der Waals surface area contributed by atoms with Crippen LogP contribution in [0.3, 0.4) is 0 Å². The highest BCUT2D eigenvalue weighted by atomic mass is 32.2. The first-order chi connectivity index (χ1) is 35.6. The number of quaternary nitrogens is 1. The number of esters is 6. The van der Waals surface area contributed by atoms with Crippen molar-refractivity contribution in [1.82, 2.24) is 5.32 Å². The number of hydrogen-bond acceptors (Lipinski definition) is 22. The van der Waals surface area contributed by atoms with E-state index in [2.05, 4.69) is 11.1 Å². The van der Waals surface area contributed by atoms with Gasteiger partial charge >= 0.3 is 41.9 Å². The van der Waals surface area contributed by atoms with Gasteiger partial charge in [-0.15, -0.1) is 0 Å². The lowest BCUT2D eigenvalue weighted by Crippen LogP contribution is -2.81. The third-order valence-corrected chi connectivity index (χ3v) is 14.2. The zero-order valence-corrected chi connectivity index (χ0v) is 45.2. The van der Waals surface area contributed by atoms with Gasteiger partial charge in [0.2, 0.25) is 6.10 Å². The zero-order chi connectivity index (χ0) is 57.8. The lowest BCUT2D eigenvalue weighted by Gasteiger charge is -2.67. The smallest absolute Gasteiger partial charge is 0.408 e. The maximum atomic E-state index is 15.2. The summed E-state index contributed by atoms with van der Waals surface area (Å²) in [5.74, 6) is -8.96. The van der Waals surface area contributed by atoms with Crippen molar-refractivity contribution in [2.45, 2.75) is 147 Å². The predicted octanol–water partition coefficient (Wildman–Crippen LogP) is 1.08. The van der Waals surface area contributed by atoms with Crippen LogP contribution in [0.4, 0.5) is 4.79 Å². The average molecular weight is 1110 g/mol. The van der Waals surface area contributed by atoms with Gasteiger partial charge in [-0.05, 0) is 70.4 Å². The van der Waals surface area contributed by atoms with Crippen LogP contribution in [-0.2, 0) is 76.8 Å². The fourth-order valence-corrected chi connectivity index (χ4v) is 10.6. The summed E-state index contributed by atoms with van der Waals surface area (Å²) in [4.78, 5) is 110. The summed E-state index contributed by atoms with van der Waals surface area (Å²) >= 11 is 0. The standard InChI is InChI=1S/C51H64N2O19.CH4O3S/c1-10-65-44(61)30(52)21-34(56)66-24-35(57)69-39(37(28-17-13-11-14-18-28)53-46(63)72-47(4,5)6)45(62)68-31-23-51(64)42(70-43(60)29-19-15-12-16-20-29)40-49(9,41(59)38(58)36(26(31)2)48(51,7)8)32(55)22-33-50(40,25-67-33)71-27(3)54;1-5(2,3)4/h11-20,30-33,37-40,42,55,58,64H,10,21-25,52H2,1-9H3,(H,53,63);1H3,(H,2,3,4)/t30-,31-,32-,33+,37-,38+,39+,40-,42-,49+,50-,51+;/m0./s1. The van der Waals surface area contributed by atoms with E-state index in [0.29, 0.717) is 6.26 Å². The number of carbonyl (C=O) groups is 8. The first-order valence-corrected chi connectivity index (χ1v) is 26.4. The van der Waals surface area contributed by atoms with Gasteiger partial charge in [0.1, 0.15) is 48.1 Å². The Labute approximate surface area is 444 Å². The number of benzene rings is 2. The topological polar surface area (TPSA) is 368 Å². The van der Waals surface area contributed by atoms with Gasteiger partial charge in [0.15, 0.2) is 24.0 Å². The Balaban J connectivity index is 0.00000209. The van der Waals surface area contributed by atoms with Gasteiger partial charge in [0.05, 0.1) is 46.3 Å². The number of amides is 1. The third kappa shape index (κ3) is 13.5. The number of ether oxygens (including phenoxy) is 8. The Morgan fingerprint density at radius 1 is 0.922 bits per heavy atom. The average Bonchev–Trinajstić information content (AvgIpc) is 3.32. The molecule has 0 radical (unpaired) electrons. The lowest BCUT2D eigenvalue weighted by molar-refractivity contribution is -0.407. The van der Waals surface area contributed by atoms with E-state index in [9.17, 15) is 44.1 Å². The Morgan fingerprint density at radius 2 is 1.51 bits per heavy atom. The molecule has 6 rings (SSSR count). The van der Waals surface area contributed by atoms with Crippen LogP contribution in [0, 0.1) is 16.7 Å². The molecule has 3 aliphatic carbocycles. The molecule has 2 aromatic carbocycles. The summed E-state index contributed by atoms with van der Waals surface area (Å²) in [7, 11) is -3.92. The van der Waals surface area contributed by atoms with Crippen molar-refractivity contribution in [3.8, 4) is 0 Å². The van der Waals surface area contributed by atoms with Crippen molar-refractivity contribution in [2.75, 3.05) is 26.1 Å². The number of aliphatic hydroxyl groups excluding tert-OH is 2. The lowest BCUT2D eigenvalue weighted by atomic mass is 9.44. The van der Waals surface area contributed by atoms with Crippen LogP contribution in [0.1, 0.15) is 104 Å². The molecular weight excluding hydrogens is 1040 g/mol. The van der Waals surface area contributed by atoms with Crippen molar-refractivity contribution in [2.24, 2.45) is 16.7 Å². The number of hydrogen-bond donors (Lipinski definition) is 5. The van der Waals surface area contributed by atoms with Crippen LogP contribution < -0.4 is 11.1 Å². The quantitative estimate of drug-likeness (QED) is 0.0721. The van der Waals surface area contributed by atoms with Gasteiger partial charge in [-0.3, -0.25) is 14.4 Å². The van der Waals surface area contributed by atoms with Crippen LogP contribution >= 0.6 is 0 Å². The van der Waals surface area contributed by atoms with Crippen molar-refractivity contribution in [1.29, 1.82) is 0 Å². The molecule has 424 valence electrons. The number of aliphatic hydroxyl groups is 3. The van der Waals surface area contributed by atoms with E-state index >= 15 is 9.59 Å². The van der Waals surface area contributed by atoms with Crippen LogP contribution in [0.25, 0.3) is 0 Å². The van der Waals surface area contributed by atoms with E-state index in [-0.39, 0.29) is 41.9 Å². The molecule has 2 aromatic rings. The third-order valence-electron chi connectivity index (χ3n) is 14.2. The minimum absolute atomic E-state index is 0.0176. The molecule has 24 nitrogen and oxygen atoms in total.